The van der Waals surface area contributed by atoms with Crippen molar-refractivity contribution in [1.29, 1.82) is 0 Å². The largest absolute Gasteiger partial charge is 0.478 e. The van der Waals surface area contributed by atoms with E-state index in [1.807, 2.05) is 30.5 Å². The van der Waals surface area contributed by atoms with Crippen molar-refractivity contribution in [3.63, 3.8) is 0 Å². The summed E-state index contributed by atoms with van der Waals surface area (Å²) in [5.74, 6) is -0.917. The van der Waals surface area contributed by atoms with E-state index in [4.69, 9.17) is 12.2 Å². The van der Waals surface area contributed by atoms with Gasteiger partial charge < -0.3 is 19.9 Å². The third kappa shape index (κ3) is 3.80. The van der Waals surface area contributed by atoms with Crippen molar-refractivity contribution in [3.05, 3.63) is 82.9 Å². The first-order valence-corrected chi connectivity index (χ1v) is 11.9. The van der Waals surface area contributed by atoms with E-state index >= 15 is 0 Å². The summed E-state index contributed by atoms with van der Waals surface area (Å²) in [4.78, 5) is 18.4. The summed E-state index contributed by atoms with van der Waals surface area (Å²) >= 11 is 5.87. The molecule has 2 aromatic heterocycles. The highest BCUT2D eigenvalue weighted by molar-refractivity contribution is 7.80. The van der Waals surface area contributed by atoms with Crippen LogP contribution in [0.1, 0.15) is 70.8 Å². The van der Waals surface area contributed by atoms with E-state index in [1.165, 1.54) is 18.4 Å². The highest BCUT2D eigenvalue weighted by atomic mass is 32.1. The first-order chi connectivity index (χ1) is 16.0. The SMILES string of the molecule is Cc1cc([C@@H]2[C@H](c3ccccn3)NC(=S)N2C2CCCC2)c(C)n1-c1ccc(C(=O)O)cc1. The lowest BCUT2D eigenvalue weighted by atomic mass is 9.95. The van der Waals surface area contributed by atoms with Gasteiger partial charge in [0.2, 0.25) is 0 Å². The monoisotopic (exact) mass is 460 g/mol. The fourth-order valence-corrected chi connectivity index (χ4v) is 5.90. The molecule has 1 saturated heterocycles. The molecular weight excluding hydrogens is 432 g/mol. The topological polar surface area (TPSA) is 70.4 Å². The average Bonchev–Trinajstić information content (AvgIpc) is 3.52. The molecule has 3 heterocycles. The summed E-state index contributed by atoms with van der Waals surface area (Å²) in [6, 6.07) is 15.8. The number of nitrogens with one attached hydrogen (secondary N) is 1. The Morgan fingerprint density at radius 3 is 2.48 bits per heavy atom. The van der Waals surface area contributed by atoms with E-state index < -0.39 is 5.97 Å². The predicted octanol–water partition coefficient (Wildman–Crippen LogP) is 5.10. The van der Waals surface area contributed by atoms with Crippen molar-refractivity contribution < 1.29 is 9.90 Å². The van der Waals surface area contributed by atoms with Gasteiger partial charge in [-0.05, 0) is 86.9 Å². The van der Waals surface area contributed by atoms with Crippen LogP contribution < -0.4 is 5.32 Å². The lowest BCUT2D eigenvalue weighted by Gasteiger charge is -2.33. The van der Waals surface area contributed by atoms with Crippen molar-refractivity contribution in [2.45, 2.75) is 57.7 Å². The van der Waals surface area contributed by atoms with Crippen LogP contribution in [0.15, 0.2) is 54.7 Å². The second-order valence-electron chi connectivity index (χ2n) is 8.99. The van der Waals surface area contributed by atoms with Gasteiger partial charge in [0.05, 0.1) is 23.3 Å². The maximum atomic E-state index is 11.3. The number of benzene rings is 1. The normalized spacial score (nSPS) is 20.9. The predicted molar refractivity (Wildman–Crippen MR) is 132 cm³/mol. The molecule has 2 fully saturated rings. The molecule has 2 aliphatic rings. The number of carbonyl (C=O) groups is 1. The average molecular weight is 461 g/mol. The van der Waals surface area contributed by atoms with Gasteiger partial charge in [-0.25, -0.2) is 4.79 Å². The summed E-state index contributed by atoms with van der Waals surface area (Å²) in [5, 5.41) is 13.6. The fourth-order valence-electron chi connectivity index (χ4n) is 5.51. The van der Waals surface area contributed by atoms with Gasteiger partial charge >= 0.3 is 5.97 Å². The number of nitrogens with zero attached hydrogens (tertiary/aromatic N) is 3. The summed E-state index contributed by atoms with van der Waals surface area (Å²) in [5.41, 5.74) is 5.70. The van der Waals surface area contributed by atoms with Gasteiger partial charge in [-0.15, -0.1) is 0 Å². The minimum Gasteiger partial charge on any atom is -0.478 e. The Labute approximate surface area is 199 Å². The lowest BCUT2D eigenvalue weighted by Crippen LogP contribution is -2.37. The van der Waals surface area contributed by atoms with E-state index in [9.17, 15) is 9.90 Å². The van der Waals surface area contributed by atoms with Crippen LogP contribution in [0, 0.1) is 13.8 Å². The van der Waals surface area contributed by atoms with Crippen LogP contribution in [-0.4, -0.2) is 36.7 Å². The summed E-state index contributed by atoms with van der Waals surface area (Å²) in [6.07, 6.45) is 6.62. The maximum absolute atomic E-state index is 11.3. The molecule has 1 saturated carbocycles. The van der Waals surface area contributed by atoms with Gasteiger partial charge in [-0.2, -0.15) is 0 Å². The molecule has 5 rings (SSSR count). The van der Waals surface area contributed by atoms with E-state index in [-0.39, 0.29) is 17.6 Å². The Balaban J connectivity index is 1.60. The molecule has 2 N–H and O–H groups in total. The summed E-state index contributed by atoms with van der Waals surface area (Å²) in [6.45, 7) is 4.23. The standard InChI is InChI=1S/C26H28N4O2S/c1-16-15-21(17(2)29(16)20-12-10-18(11-13-20)25(31)32)24-23(22-9-5-6-14-27-22)28-26(33)30(24)19-7-3-4-8-19/h5-6,9-15,19,23-24H,3-4,7-8H2,1-2H3,(H,28,33)(H,31,32)/t23-,24+/m0/s1. The molecular formula is C26H28N4O2S. The molecule has 3 aromatic rings. The third-order valence-corrected chi connectivity index (χ3v) is 7.34. The van der Waals surface area contributed by atoms with Crippen LogP contribution >= 0.6 is 12.2 Å². The molecule has 0 radical (unpaired) electrons. The van der Waals surface area contributed by atoms with Crippen molar-refractivity contribution in [1.82, 2.24) is 19.8 Å². The fraction of sp³-hybridized carbons (Fsp3) is 0.346. The number of aromatic nitrogens is 2. The van der Waals surface area contributed by atoms with Gasteiger partial charge in [0.25, 0.3) is 0 Å². The summed E-state index contributed by atoms with van der Waals surface area (Å²) < 4.78 is 2.20. The Bertz CT molecular complexity index is 1180. The van der Waals surface area contributed by atoms with Crippen LogP contribution in [0.25, 0.3) is 5.69 Å². The number of carboxylic acids is 1. The van der Waals surface area contributed by atoms with Crippen molar-refractivity contribution in [3.8, 4) is 5.69 Å². The number of carboxylic acid groups (broad SMARTS) is 1. The second kappa shape index (κ2) is 8.63. The maximum Gasteiger partial charge on any atom is 0.335 e. The molecule has 1 aliphatic heterocycles. The van der Waals surface area contributed by atoms with E-state index in [0.717, 1.165) is 40.7 Å². The quantitative estimate of drug-likeness (QED) is 0.516. The van der Waals surface area contributed by atoms with Gasteiger partial charge in [-0.1, -0.05) is 18.9 Å². The summed E-state index contributed by atoms with van der Waals surface area (Å²) in [7, 11) is 0. The number of pyridine rings is 1. The van der Waals surface area contributed by atoms with Crippen molar-refractivity contribution >= 4 is 23.3 Å². The third-order valence-electron chi connectivity index (χ3n) is 7.01. The number of aryl methyl sites for hydroxylation is 1. The van der Waals surface area contributed by atoms with Crippen molar-refractivity contribution in [2.75, 3.05) is 0 Å². The van der Waals surface area contributed by atoms with Gasteiger partial charge in [0.15, 0.2) is 5.11 Å². The van der Waals surface area contributed by atoms with E-state index in [1.54, 1.807) is 12.1 Å². The number of thiocarbonyl (C=S) groups is 1. The second-order valence-corrected chi connectivity index (χ2v) is 9.37. The zero-order valence-corrected chi connectivity index (χ0v) is 19.7. The number of hydrogen-bond donors (Lipinski definition) is 2. The van der Waals surface area contributed by atoms with Crippen LogP contribution in [0.4, 0.5) is 0 Å². The number of aromatic carboxylic acids is 1. The van der Waals surface area contributed by atoms with E-state index in [2.05, 4.69) is 45.7 Å². The molecule has 0 amide bonds. The molecule has 2 atom stereocenters. The Morgan fingerprint density at radius 1 is 1.12 bits per heavy atom. The Hall–Kier alpha value is -3.19. The smallest absolute Gasteiger partial charge is 0.335 e. The lowest BCUT2D eigenvalue weighted by molar-refractivity contribution is 0.0697. The molecule has 0 spiro atoms. The number of hydrogen-bond acceptors (Lipinski definition) is 3. The molecule has 0 unspecified atom stereocenters. The molecule has 33 heavy (non-hydrogen) atoms. The van der Waals surface area contributed by atoms with Gasteiger partial charge in [-0.3, -0.25) is 4.98 Å². The van der Waals surface area contributed by atoms with Crippen LogP contribution in [0.2, 0.25) is 0 Å². The van der Waals surface area contributed by atoms with Crippen LogP contribution in [0.3, 0.4) is 0 Å². The Kier molecular flexibility index (Phi) is 5.66. The molecule has 0 bridgehead atoms. The first kappa shape index (κ1) is 21.6. The van der Waals surface area contributed by atoms with Gasteiger partial charge in [0, 0.05) is 29.3 Å². The minimum absolute atomic E-state index is 0.0253. The minimum atomic E-state index is -0.917. The zero-order chi connectivity index (χ0) is 23.1. The van der Waals surface area contributed by atoms with E-state index in [0.29, 0.717) is 6.04 Å². The zero-order valence-electron chi connectivity index (χ0n) is 18.9. The number of rotatable bonds is 5. The highest BCUT2D eigenvalue weighted by Gasteiger charge is 2.44. The molecule has 1 aromatic carbocycles. The molecule has 1 aliphatic carbocycles. The molecule has 170 valence electrons. The van der Waals surface area contributed by atoms with Gasteiger partial charge in [0.1, 0.15) is 0 Å². The van der Waals surface area contributed by atoms with Crippen molar-refractivity contribution in [2.24, 2.45) is 0 Å². The highest BCUT2D eigenvalue weighted by Crippen LogP contribution is 2.44. The first-order valence-electron chi connectivity index (χ1n) is 11.5. The van der Waals surface area contributed by atoms with Crippen LogP contribution in [-0.2, 0) is 0 Å². The molecule has 7 heteroatoms. The van der Waals surface area contributed by atoms with Crippen LogP contribution in [0.5, 0.6) is 0 Å². The Morgan fingerprint density at radius 2 is 1.85 bits per heavy atom. The molecule has 6 nitrogen and oxygen atoms in total.